The first-order chi connectivity index (χ1) is 12.2. The number of phenols is 2. The first-order valence-corrected chi connectivity index (χ1v) is 9.23. The predicted molar refractivity (Wildman–Crippen MR) is 91.6 cm³/mol. The molecule has 0 atom stereocenters. The molecule has 6 N–H and O–H groups in total. The van der Waals surface area contributed by atoms with Gasteiger partial charge >= 0.3 is 5.97 Å². The number of nitrogens with one attached hydrogen (secondary N) is 1. The molecule has 13 heteroatoms. The van der Waals surface area contributed by atoms with E-state index in [2.05, 4.69) is 14.9 Å². The smallest absolute Gasteiger partial charge is 0.360 e. The van der Waals surface area contributed by atoms with Crippen molar-refractivity contribution >= 4 is 38.2 Å². The molecule has 0 amide bonds. The number of aromatic nitrogens is 1. The van der Waals surface area contributed by atoms with Crippen LogP contribution in [0.15, 0.2) is 33.6 Å². The number of oxime groups is 1. The molecule has 0 spiro atoms. The Morgan fingerprint density at radius 3 is 2.65 bits per heavy atom. The number of hydrogen-bond donors (Lipinski definition) is 5. The highest BCUT2D eigenvalue weighted by Crippen LogP contribution is 2.26. The number of sulfonamides is 1. The van der Waals surface area contributed by atoms with Crippen LogP contribution in [0, 0.1) is 0 Å². The third-order valence-corrected chi connectivity index (χ3v) is 5.00. The van der Waals surface area contributed by atoms with E-state index < -0.39 is 33.2 Å². The Labute approximate surface area is 151 Å². The van der Waals surface area contributed by atoms with Gasteiger partial charge in [0.25, 0.3) is 0 Å². The van der Waals surface area contributed by atoms with Gasteiger partial charge in [0.2, 0.25) is 15.7 Å². The summed E-state index contributed by atoms with van der Waals surface area (Å²) < 4.78 is 26.2. The van der Waals surface area contributed by atoms with Crippen LogP contribution in [0.4, 0.5) is 5.13 Å². The molecular weight excluding hydrogens is 388 g/mol. The molecule has 26 heavy (non-hydrogen) atoms. The number of aliphatic carboxylic acids is 1. The first kappa shape index (κ1) is 19.4. The lowest BCUT2D eigenvalue weighted by Gasteiger charge is -2.07. The Morgan fingerprint density at radius 2 is 2.08 bits per heavy atom. The number of aromatic hydroxyl groups is 2. The highest BCUT2D eigenvalue weighted by molar-refractivity contribution is 7.89. The number of nitrogens with zero attached hydrogens (tertiary/aromatic N) is 2. The molecule has 0 saturated heterocycles. The molecule has 1 heterocycles. The summed E-state index contributed by atoms with van der Waals surface area (Å²) in [4.78, 5) is 19.5. The molecule has 2 aromatic rings. The molecular formula is C13H14N4O7S2. The van der Waals surface area contributed by atoms with Crippen molar-refractivity contribution in [3.05, 3.63) is 29.3 Å². The van der Waals surface area contributed by atoms with E-state index in [1.807, 2.05) is 0 Å². The summed E-state index contributed by atoms with van der Waals surface area (Å²) in [7, 11) is -3.96. The van der Waals surface area contributed by atoms with E-state index >= 15 is 0 Å². The highest BCUT2D eigenvalue weighted by atomic mass is 32.2. The Bertz CT molecular complexity index is 940. The molecule has 0 fully saturated rings. The Balaban J connectivity index is 1.94. The maximum Gasteiger partial charge on any atom is 0.360 e. The van der Waals surface area contributed by atoms with Crippen LogP contribution in [-0.4, -0.2) is 53.6 Å². The van der Waals surface area contributed by atoms with Gasteiger partial charge in [-0.2, -0.15) is 0 Å². The number of anilines is 1. The summed E-state index contributed by atoms with van der Waals surface area (Å²) in [6.07, 6.45) is 0. The zero-order valence-corrected chi connectivity index (χ0v) is 14.6. The van der Waals surface area contributed by atoms with Crippen molar-refractivity contribution in [2.45, 2.75) is 4.90 Å². The average molecular weight is 402 g/mol. The van der Waals surface area contributed by atoms with Crippen LogP contribution in [-0.2, 0) is 19.7 Å². The molecule has 2 rings (SSSR count). The first-order valence-electron chi connectivity index (χ1n) is 6.87. The number of rotatable bonds is 8. The van der Waals surface area contributed by atoms with Crippen LogP contribution in [0.5, 0.6) is 11.5 Å². The molecule has 1 aromatic heterocycles. The Kier molecular flexibility index (Phi) is 5.97. The zero-order valence-electron chi connectivity index (χ0n) is 13.0. The van der Waals surface area contributed by atoms with E-state index in [0.29, 0.717) is 0 Å². The van der Waals surface area contributed by atoms with E-state index in [4.69, 9.17) is 15.7 Å². The van der Waals surface area contributed by atoms with Gasteiger partial charge in [0.05, 0.1) is 4.90 Å². The van der Waals surface area contributed by atoms with E-state index in [9.17, 15) is 23.4 Å². The minimum atomic E-state index is -3.96. The van der Waals surface area contributed by atoms with Crippen molar-refractivity contribution in [2.75, 3.05) is 18.9 Å². The molecule has 0 unspecified atom stereocenters. The van der Waals surface area contributed by atoms with Gasteiger partial charge in [-0.3, -0.25) is 0 Å². The summed E-state index contributed by atoms with van der Waals surface area (Å²) in [6.45, 7) is -0.487. The predicted octanol–water partition coefficient (Wildman–Crippen LogP) is -0.0797. The molecule has 140 valence electrons. The fourth-order valence-electron chi connectivity index (χ4n) is 1.68. The minimum absolute atomic E-state index is 0.0279. The number of benzene rings is 1. The number of carbonyl (C=O) groups is 1. The second-order valence-electron chi connectivity index (χ2n) is 4.70. The van der Waals surface area contributed by atoms with Crippen molar-refractivity contribution in [1.29, 1.82) is 0 Å². The van der Waals surface area contributed by atoms with Crippen LogP contribution >= 0.6 is 11.3 Å². The highest BCUT2D eigenvalue weighted by Gasteiger charge is 2.18. The van der Waals surface area contributed by atoms with Crippen molar-refractivity contribution in [2.24, 2.45) is 5.16 Å². The van der Waals surface area contributed by atoms with Crippen molar-refractivity contribution in [3.63, 3.8) is 0 Å². The second-order valence-corrected chi connectivity index (χ2v) is 7.35. The summed E-state index contributed by atoms with van der Waals surface area (Å²) in [5.41, 5.74) is 4.98. The minimum Gasteiger partial charge on any atom is -0.504 e. The molecule has 0 aliphatic heterocycles. The molecule has 0 aliphatic carbocycles. The fraction of sp³-hybridized carbons (Fsp3) is 0.154. The second kappa shape index (κ2) is 7.99. The topological polar surface area (TPSA) is 184 Å². The monoisotopic (exact) mass is 402 g/mol. The van der Waals surface area contributed by atoms with Crippen molar-refractivity contribution in [1.82, 2.24) is 9.71 Å². The molecule has 0 saturated carbocycles. The van der Waals surface area contributed by atoms with E-state index in [1.54, 1.807) is 0 Å². The van der Waals surface area contributed by atoms with E-state index in [1.165, 1.54) is 5.38 Å². The van der Waals surface area contributed by atoms with Gasteiger partial charge in [-0.25, -0.2) is 22.9 Å². The Morgan fingerprint density at radius 1 is 1.35 bits per heavy atom. The molecule has 0 radical (unpaired) electrons. The van der Waals surface area contributed by atoms with Gasteiger partial charge in [0.1, 0.15) is 12.3 Å². The quantitative estimate of drug-likeness (QED) is 0.174. The third kappa shape index (κ3) is 4.81. The van der Waals surface area contributed by atoms with Crippen LogP contribution in [0.2, 0.25) is 0 Å². The number of carboxylic acid groups (broad SMARTS) is 1. The molecule has 11 nitrogen and oxygen atoms in total. The zero-order chi connectivity index (χ0) is 19.3. The molecule has 0 bridgehead atoms. The van der Waals surface area contributed by atoms with Gasteiger partial charge < -0.3 is 25.9 Å². The maximum atomic E-state index is 12.0. The third-order valence-electron chi connectivity index (χ3n) is 2.87. The van der Waals surface area contributed by atoms with Crippen LogP contribution in [0.1, 0.15) is 5.69 Å². The normalized spacial score (nSPS) is 12.1. The van der Waals surface area contributed by atoms with Gasteiger partial charge in [0.15, 0.2) is 16.6 Å². The van der Waals surface area contributed by atoms with Crippen LogP contribution < -0.4 is 10.5 Å². The van der Waals surface area contributed by atoms with Crippen molar-refractivity contribution < 1.29 is 33.4 Å². The average Bonchev–Trinajstić information content (AvgIpc) is 2.98. The van der Waals surface area contributed by atoms with E-state index in [0.717, 1.165) is 29.5 Å². The summed E-state index contributed by atoms with van der Waals surface area (Å²) in [5.74, 6) is -2.41. The summed E-state index contributed by atoms with van der Waals surface area (Å²) in [6, 6.07) is 3.01. The SMILES string of the molecule is Nc1nc(/C(=N/OCCNS(=O)(=O)c2ccc(O)c(O)c2)C(=O)O)cs1. The number of hydrogen-bond acceptors (Lipinski definition) is 10. The number of phenolic OH excluding ortho intramolecular Hbond substituents is 2. The summed E-state index contributed by atoms with van der Waals surface area (Å²) >= 11 is 1.03. The largest absolute Gasteiger partial charge is 0.504 e. The van der Waals surface area contributed by atoms with Gasteiger partial charge in [-0.15, -0.1) is 11.3 Å². The molecule has 1 aromatic carbocycles. The number of nitrogen functional groups attached to an aromatic ring is 1. The standard InChI is InChI=1S/C13H14N4O7S2/c14-13-16-8(6-25-13)11(12(20)21)17-24-4-3-15-26(22,23)7-1-2-9(18)10(19)5-7/h1-2,5-6,15,18-19H,3-4H2,(H2,14,16)(H,20,21)/b17-11-. The van der Waals surface area contributed by atoms with Crippen molar-refractivity contribution in [3.8, 4) is 11.5 Å². The fourth-order valence-corrected chi connectivity index (χ4v) is 3.26. The van der Waals surface area contributed by atoms with Gasteiger partial charge in [-0.05, 0) is 12.1 Å². The lowest BCUT2D eigenvalue weighted by Crippen LogP contribution is -2.27. The van der Waals surface area contributed by atoms with Gasteiger partial charge in [0, 0.05) is 18.0 Å². The number of carboxylic acids is 1. The lowest BCUT2D eigenvalue weighted by atomic mass is 10.3. The molecule has 0 aliphatic rings. The van der Waals surface area contributed by atoms with E-state index in [-0.39, 0.29) is 28.9 Å². The van der Waals surface area contributed by atoms with Crippen LogP contribution in [0.25, 0.3) is 0 Å². The number of thiazole rings is 1. The lowest BCUT2D eigenvalue weighted by molar-refractivity contribution is -0.129. The Hall–Kier alpha value is -2.90. The summed E-state index contributed by atoms with van der Waals surface area (Å²) in [5, 5.41) is 32.6. The number of nitrogens with two attached hydrogens (primary N) is 1. The maximum absolute atomic E-state index is 12.0. The van der Waals surface area contributed by atoms with Crippen LogP contribution in [0.3, 0.4) is 0 Å². The van der Waals surface area contributed by atoms with Gasteiger partial charge in [-0.1, -0.05) is 5.16 Å².